The Balaban J connectivity index is 1.68. The van der Waals surface area contributed by atoms with Crippen LogP contribution in [0.15, 0.2) is 53.0 Å². The van der Waals surface area contributed by atoms with Gasteiger partial charge >= 0.3 is 0 Å². The fourth-order valence-electron chi connectivity index (χ4n) is 3.19. The Bertz CT molecular complexity index is 1440. The van der Waals surface area contributed by atoms with Crippen LogP contribution in [0.3, 0.4) is 0 Å². The molecule has 1 aromatic carbocycles. The Labute approximate surface area is 164 Å². The van der Waals surface area contributed by atoms with Crippen LogP contribution in [0.25, 0.3) is 22.2 Å². The maximum Gasteiger partial charge on any atom is 0.203 e. The number of rotatable bonds is 3. The van der Waals surface area contributed by atoms with E-state index in [0.717, 1.165) is 16.5 Å². The molecular formula is C19H14N10. The molecule has 0 fully saturated rings. The number of nitriles is 1. The van der Waals surface area contributed by atoms with Gasteiger partial charge in [-0.1, -0.05) is 24.3 Å². The van der Waals surface area contributed by atoms with Crippen molar-refractivity contribution in [1.29, 1.82) is 5.26 Å². The summed E-state index contributed by atoms with van der Waals surface area (Å²) >= 11 is 0. The Morgan fingerprint density at radius 2 is 2.00 bits per heavy atom. The van der Waals surface area contributed by atoms with E-state index in [-0.39, 0.29) is 0 Å². The minimum atomic E-state index is 0.297. The molecule has 10 heteroatoms. The van der Waals surface area contributed by atoms with Gasteiger partial charge in [0.1, 0.15) is 17.5 Å². The van der Waals surface area contributed by atoms with Crippen LogP contribution < -0.4 is 0 Å². The highest BCUT2D eigenvalue weighted by Crippen LogP contribution is 2.30. The van der Waals surface area contributed by atoms with Crippen LogP contribution in [0.1, 0.15) is 17.1 Å². The zero-order valence-corrected chi connectivity index (χ0v) is 15.6. The topological polar surface area (TPSA) is 125 Å². The number of pyridine rings is 1. The number of H-pyrrole nitrogens is 1. The molecule has 10 nitrogen and oxygen atoms in total. The average Bonchev–Trinajstić information content (AvgIpc) is 3.38. The largest absolute Gasteiger partial charge is 0.278 e. The van der Waals surface area contributed by atoms with Crippen molar-refractivity contribution in [3.8, 4) is 11.9 Å². The molecule has 0 spiro atoms. The van der Waals surface area contributed by atoms with Gasteiger partial charge in [-0.3, -0.25) is 5.10 Å². The van der Waals surface area contributed by atoms with Gasteiger partial charge in [0.05, 0.1) is 11.9 Å². The summed E-state index contributed by atoms with van der Waals surface area (Å²) in [7, 11) is 0. The first kappa shape index (κ1) is 16.8. The van der Waals surface area contributed by atoms with Crippen LogP contribution in [0, 0.1) is 25.2 Å². The van der Waals surface area contributed by atoms with Crippen molar-refractivity contribution in [2.45, 2.75) is 13.8 Å². The second-order valence-electron chi connectivity index (χ2n) is 6.44. The number of aryl methyl sites for hydroxylation is 2. The molecule has 5 rings (SSSR count). The summed E-state index contributed by atoms with van der Waals surface area (Å²) < 4.78 is 3.08. The molecule has 0 amide bonds. The Hall–Kier alpha value is -4.39. The van der Waals surface area contributed by atoms with E-state index >= 15 is 0 Å². The van der Waals surface area contributed by atoms with Gasteiger partial charge in [-0.2, -0.15) is 19.7 Å². The van der Waals surface area contributed by atoms with E-state index in [1.54, 1.807) is 17.8 Å². The first-order valence-corrected chi connectivity index (χ1v) is 8.81. The second kappa shape index (κ2) is 6.35. The lowest BCUT2D eigenvalue weighted by Crippen LogP contribution is -1.99. The summed E-state index contributed by atoms with van der Waals surface area (Å²) in [6, 6.07) is 11.9. The van der Waals surface area contributed by atoms with Gasteiger partial charge in [0, 0.05) is 11.6 Å². The quantitative estimate of drug-likeness (QED) is 0.476. The van der Waals surface area contributed by atoms with Crippen molar-refractivity contribution in [3.05, 3.63) is 59.8 Å². The average molecular weight is 382 g/mol. The lowest BCUT2D eigenvalue weighted by molar-refractivity contribution is 0.793. The maximum absolute atomic E-state index is 9.52. The lowest BCUT2D eigenvalue weighted by Gasteiger charge is -2.06. The third-order valence-corrected chi connectivity index (χ3v) is 4.52. The molecule has 0 bridgehead atoms. The fraction of sp³-hybridized carbons (Fsp3) is 0.105. The minimum Gasteiger partial charge on any atom is -0.278 e. The molecule has 29 heavy (non-hydrogen) atoms. The van der Waals surface area contributed by atoms with Crippen LogP contribution in [0.5, 0.6) is 0 Å². The monoisotopic (exact) mass is 382 g/mol. The molecule has 0 radical (unpaired) electrons. The van der Waals surface area contributed by atoms with Gasteiger partial charge in [0.15, 0.2) is 17.3 Å². The molecule has 0 atom stereocenters. The summed E-state index contributed by atoms with van der Waals surface area (Å²) in [6.45, 7) is 3.65. The number of nitrogens with zero attached hydrogens (tertiary/aromatic N) is 9. The molecule has 0 saturated carbocycles. The van der Waals surface area contributed by atoms with Crippen molar-refractivity contribution < 1.29 is 0 Å². The zero-order chi connectivity index (χ0) is 20.0. The Morgan fingerprint density at radius 1 is 1.14 bits per heavy atom. The number of aromatic amines is 1. The second-order valence-corrected chi connectivity index (χ2v) is 6.44. The Kier molecular flexibility index (Phi) is 3.67. The number of hydrogen-bond acceptors (Lipinski definition) is 7. The van der Waals surface area contributed by atoms with Crippen molar-refractivity contribution >= 4 is 27.9 Å². The van der Waals surface area contributed by atoms with Gasteiger partial charge in [-0.15, -0.1) is 15.3 Å². The van der Waals surface area contributed by atoms with Gasteiger partial charge in [0.2, 0.25) is 5.65 Å². The molecule has 0 saturated heterocycles. The summed E-state index contributed by atoms with van der Waals surface area (Å²) in [5.41, 5.74) is 2.17. The zero-order valence-electron chi connectivity index (χ0n) is 15.6. The minimum absolute atomic E-state index is 0.297. The molecule has 4 heterocycles. The van der Waals surface area contributed by atoms with Crippen molar-refractivity contribution in [2.75, 3.05) is 0 Å². The van der Waals surface area contributed by atoms with Crippen LogP contribution in [-0.2, 0) is 0 Å². The smallest absolute Gasteiger partial charge is 0.203 e. The van der Waals surface area contributed by atoms with E-state index in [9.17, 15) is 5.26 Å². The van der Waals surface area contributed by atoms with Crippen LogP contribution in [0.2, 0.25) is 0 Å². The molecule has 4 aromatic heterocycles. The van der Waals surface area contributed by atoms with E-state index < -0.39 is 0 Å². The van der Waals surface area contributed by atoms with Gasteiger partial charge in [0.25, 0.3) is 0 Å². The van der Waals surface area contributed by atoms with Crippen molar-refractivity contribution in [2.24, 2.45) is 10.2 Å². The number of hydrogen-bond donors (Lipinski definition) is 1. The van der Waals surface area contributed by atoms with Crippen molar-refractivity contribution in [1.82, 2.24) is 34.6 Å². The first-order valence-electron chi connectivity index (χ1n) is 8.81. The molecule has 0 aliphatic carbocycles. The molecule has 0 aliphatic rings. The van der Waals surface area contributed by atoms with Crippen LogP contribution in [-0.4, -0.2) is 34.6 Å². The van der Waals surface area contributed by atoms with E-state index in [1.165, 1.54) is 10.9 Å². The summed E-state index contributed by atoms with van der Waals surface area (Å²) in [5, 5.41) is 31.8. The van der Waals surface area contributed by atoms with Gasteiger partial charge in [-0.05, 0) is 25.3 Å². The normalized spacial score (nSPS) is 11.6. The van der Waals surface area contributed by atoms with E-state index in [0.29, 0.717) is 34.4 Å². The van der Waals surface area contributed by atoms with Crippen LogP contribution >= 0.6 is 0 Å². The summed E-state index contributed by atoms with van der Waals surface area (Å²) in [5.74, 6) is 1.49. The van der Waals surface area contributed by atoms with Crippen molar-refractivity contribution in [3.63, 3.8) is 0 Å². The Morgan fingerprint density at radius 3 is 2.86 bits per heavy atom. The lowest BCUT2D eigenvalue weighted by atomic mass is 10.1. The highest BCUT2D eigenvalue weighted by Gasteiger charge is 2.17. The molecular weight excluding hydrogens is 368 g/mol. The number of benzene rings is 1. The molecule has 1 N–H and O–H groups in total. The number of azo groups is 1. The maximum atomic E-state index is 9.52. The van der Waals surface area contributed by atoms with E-state index in [4.69, 9.17) is 0 Å². The molecule has 5 aromatic rings. The SMILES string of the molecule is Cc1nc2c(N=Nc3c(C#N)cnn3-c3nccc4ccccc34)c(C)[nH]n2n1. The van der Waals surface area contributed by atoms with E-state index in [1.807, 2.05) is 37.3 Å². The van der Waals surface area contributed by atoms with Gasteiger partial charge in [-0.25, -0.2) is 9.97 Å². The predicted octanol–water partition coefficient (Wildman–Crippen LogP) is 3.70. The third kappa shape index (κ3) is 2.64. The number of nitrogens with one attached hydrogen (secondary N) is 1. The third-order valence-electron chi connectivity index (χ3n) is 4.52. The fourth-order valence-corrected chi connectivity index (χ4v) is 3.19. The predicted molar refractivity (Wildman–Crippen MR) is 105 cm³/mol. The summed E-state index contributed by atoms with van der Waals surface area (Å²) in [4.78, 5) is 8.82. The number of fused-ring (bicyclic) bond motifs is 2. The highest BCUT2D eigenvalue weighted by atomic mass is 15.5. The first-order chi connectivity index (χ1) is 14.2. The molecule has 140 valence electrons. The number of aromatic nitrogens is 7. The van der Waals surface area contributed by atoms with Crippen LogP contribution in [0.4, 0.5) is 11.5 Å². The molecule has 0 unspecified atom stereocenters. The molecule has 0 aliphatic heterocycles. The standard InChI is InChI=1S/C19H14N10/c1-11-16(19-23-12(2)27-29(19)26-11)24-25-17-14(9-20)10-22-28(17)18-15-6-4-3-5-13(15)7-8-21-18/h3-8,10,26H,1-2H3. The summed E-state index contributed by atoms with van der Waals surface area (Å²) in [6.07, 6.45) is 3.16. The van der Waals surface area contributed by atoms with E-state index in [2.05, 4.69) is 41.6 Å². The van der Waals surface area contributed by atoms with Gasteiger partial charge < -0.3 is 0 Å². The highest BCUT2D eigenvalue weighted by molar-refractivity contribution is 5.88.